The van der Waals surface area contributed by atoms with Crippen molar-refractivity contribution in [2.75, 3.05) is 23.9 Å². The molecule has 2 aliphatic heterocycles. The highest BCUT2D eigenvalue weighted by Gasteiger charge is 2.55. The fourth-order valence-corrected chi connectivity index (χ4v) is 10.7. The molecule has 15 nitrogen and oxygen atoms in total. The maximum atomic E-state index is 14.7. The molecule has 1 saturated heterocycles. The van der Waals surface area contributed by atoms with Crippen LogP contribution in [0.15, 0.2) is 161 Å². The summed E-state index contributed by atoms with van der Waals surface area (Å²) in [7, 11) is 1.57. The highest BCUT2D eigenvalue weighted by Crippen LogP contribution is 2.43. The summed E-state index contributed by atoms with van der Waals surface area (Å²) in [5.41, 5.74) is 0.659. The van der Waals surface area contributed by atoms with Crippen molar-refractivity contribution in [1.82, 2.24) is 25.2 Å². The SMILES string of the molecule is COc1ccc(COC(=O)C2=C(CSc3ncccn3)CSC3C(NC(=O)/C(=N\OC(C)(C)C(=O)OC(C)(C)C)c4csc(NC(c5ccccc5)(c5ccccc5)c5ccccc5)n4)C(=O)N23)cc1. The van der Waals surface area contributed by atoms with E-state index in [4.69, 9.17) is 24.0 Å². The van der Waals surface area contributed by atoms with Crippen LogP contribution in [-0.4, -0.2) is 90.5 Å². The number of hydrogen-bond acceptors (Lipinski definition) is 16. The third-order valence-electron chi connectivity index (χ3n) is 11.1. The minimum atomic E-state index is -1.65. The van der Waals surface area contributed by atoms with Crippen LogP contribution in [0.4, 0.5) is 5.13 Å². The molecular weight excluding hydrogens is 947 g/mol. The molecule has 2 unspecified atom stereocenters. The van der Waals surface area contributed by atoms with Crippen molar-refractivity contribution in [1.29, 1.82) is 0 Å². The Morgan fingerprint density at radius 1 is 0.829 bits per heavy atom. The molecule has 1 fully saturated rings. The van der Waals surface area contributed by atoms with Gasteiger partial charge in [0.05, 0.1) is 7.11 Å². The van der Waals surface area contributed by atoms with Crippen LogP contribution in [0.3, 0.4) is 0 Å². The van der Waals surface area contributed by atoms with Crippen molar-refractivity contribution in [3.8, 4) is 5.75 Å². The zero-order chi connectivity index (χ0) is 49.5. The van der Waals surface area contributed by atoms with E-state index >= 15 is 0 Å². The second-order valence-corrected chi connectivity index (χ2v) is 20.5. The Bertz CT molecular complexity index is 2780. The number of nitrogens with one attached hydrogen (secondary N) is 2. The lowest BCUT2D eigenvalue weighted by atomic mass is 9.77. The Hall–Kier alpha value is -7.02. The summed E-state index contributed by atoms with van der Waals surface area (Å²) in [6.45, 7) is 8.11. The summed E-state index contributed by atoms with van der Waals surface area (Å²) in [6.07, 6.45) is 3.26. The number of rotatable bonds is 18. The Balaban J connectivity index is 1.10. The Labute approximate surface area is 418 Å². The predicted octanol–water partition coefficient (Wildman–Crippen LogP) is 8.38. The minimum Gasteiger partial charge on any atom is -0.497 e. The number of thiazole rings is 1. The number of ether oxygens (including phenoxy) is 3. The first kappa shape index (κ1) is 49.4. The molecule has 2 N–H and O–H groups in total. The number of carbonyl (C=O) groups excluding carboxylic acids is 4. The molecule has 360 valence electrons. The van der Waals surface area contributed by atoms with E-state index in [0.717, 1.165) is 22.3 Å². The molecule has 2 aromatic heterocycles. The van der Waals surface area contributed by atoms with Crippen molar-refractivity contribution >= 4 is 69.5 Å². The lowest BCUT2D eigenvalue weighted by molar-refractivity contribution is -0.179. The molecule has 2 aliphatic rings. The van der Waals surface area contributed by atoms with Crippen LogP contribution in [0.5, 0.6) is 5.75 Å². The first-order valence-electron chi connectivity index (χ1n) is 22.2. The van der Waals surface area contributed by atoms with Crippen LogP contribution in [0.25, 0.3) is 0 Å². The average Bonchev–Trinajstić information content (AvgIpc) is 3.84. The van der Waals surface area contributed by atoms with Crippen molar-refractivity contribution in [3.05, 3.63) is 178 Å². The number of thioether (sulfide) groups is 2. The number of β-lactam (4-membered cyclic amide) rings is 1. The summed E-state index contributed by atoms with van der Waals surface area (Å²) in [6, 6.07) is 37.7. The average molecular weight is 998 g/mol. The molecule has 70 heavy (non-hydrogen) atoms. The van der Waals surface area contributed by atoms with Gasteiger partial charge in [-0.15, -0.1) is 23.1 Å². The van der Waals surface area contributed by atoms with Gasteiger partial charge in [-0.25, -0.2) is 24.5 Å². The zero-order valence-electron chi connectivity index (χ0n) is 39.3. The van der Waals surface area contributed by atoms with Gasteiger partial charge in [-0.3, -0.25) is 14.5 Å². The van der Waals surface area contributed by atoms with E-state index in [0.29, 0.717) is 33.1 Å². The van der Waals surface area contributed by atoms with Gasteiger partial charge in [-0.2, -0.15) is 0 Å². The van der Waals surface area contributed by atoms with Gasteiger partial charge >= 0.3 is 11.9 Å². The smallest absolute Gasteiger partial charge is 0.355 e. The molecule has 0 radical (unpaired) electrons. The number of hydrogen-bond donors (Lipinski definition) is 2. The van der Waals surface area contributed by atoms with Gasteiger partial charge in [0.15, 0.2) is 16.0 Å². The van der Waals surface area contributed by atoms with E-state index in [1.165, 1.54) is 53.6 Å². The van der Waals surface area contributed by atoms with Crippen molar-refractivity contribution < 1.29 is 38.2 Å². The summed E-state index contributed by atoms with van der Waals surface area (Å²) < 4.78 is 16.7. The third kappa shape index (κ3) is 11.0. The van der Waals surface area contributed by atoms with Crippen LogP contribution >= 0.6 is 34.9 Å². The normalized spacial score (nSPS) is 16.1. The largest absolute Gasteiger partial charge is 0.497 e. The number of oxime groups is 1. The van der Waals surface area contributed by atoms with Crippen LogP contribution in [0.1, 0.15) is 62.6 Å². The van der Waals surface area contributed by atoms with Gasteiger partial charge in [0, 0.05) is 29.3 Å². The topological polar surface area (TPSA) is 184 Å². The third-order valence-corrected chi connectivity index (χ3v) is 14.2. The molecule has 0 saturated carbocycles. The van der Waals surface area contributed by atoms with E-state index in [1.807, 2.05) is 91.0 Å². The van der Waals surface area contributed by atoms with Crippen LogP contribution in [0, 0.1) is 0 Å². The summed E-state index contributed by atoms with van der Waals surface area (Å²) in [5, 5.41) is 12.8. The standard InChI is InChI=1S/C52H51N7O8S3/c1-50(2,3)66-47(63)51(4,5)67-58-40(39-32-70-49(55-39)57-52(35-17-10-7-11-18-35,36-19-12-8-13-20-36)37-21-14-9-15-22-37)43(60)56-41-44(61)59-42(46(62)65-29-33-23-25-38(64-6)26-24-33)34(30-68-45(41)59)31-69-48-53-27-16-28-54-48/h7-28,32,41,45H,29-31H2,1-6H3,(H,55,57)(H,56,60)/b58-40-. The van der Waals surface area contributed by atoms with Gasteiger partial charge in [-0.1, -0.05) is 120 Å². The number of amides is 2. The molecule has 18 heteroatoms. The quantitative estimate of drug-likeness (QED) is 0.0159. The number of nitrogens with zero attached hydrogens (tertiary/aromatic N) is 5. The zero-order valence-corrected chi connectivity index (χ0v) is 41.7. The van der Waals surface area contributed by atoms with Crippen LogP contribution < -0.4 is 15.4 Å². The molecule has 0 aliphatic carbocycles. The lowest BCUT2D eigenvalue weighted by Gasteiger charge is -2.49. The van der Waals surface area contributed by atoms with Gasteiger partial charge in [-0.05, 0) is 80.6 Å². The van der Waals surface area contributed by atoms with E-state index in [1.54, 1.807) is 76.0 Å². The van der Waals surface area contributed by atoms with E-state index in [-0.39, 0.29) is 23.7 Å². The predicted molar refractivity (Wildman–Crippen MR) is 270 cm³/mol. The number of benzene rings is 4. The Kier molecular flexibility index (Phi) is 15.0. The van der Waals surface area contributed by atoms with Crippen LogP contribution in [0.2, 0.25) is 0 Å². The summed E-state index contributed by atoms with van der Waals surface area (Å²) >= 11 is 3.95. The Morgan fingerprint density at radius 2 is 1.43 bits per heavy atom. The second kappa shape index (κ2) is 21.3. The first-order valence-corrected chi connectivity index (χ1v) is 25.2. The van der Waals surface area contributed by atoms with Gasteiger partial charge < -0.3 is 29.7 Å². The highest BCUT2D eigenvalue weighted by atomic mass is 32.2. The first-order chi connectivity index (χ1) is 33.7. The fraction of sp³-hybridized carbons (Fsp3) is 0.269. The molecule has 8 rings (SSSR count). The van der Waals surface area contributed by atoms with Gasteiger partial charge in [0.1, 0.15) is 46.3 Å². The molecular formula is C52H51N7O8S3. The van der Waals surface area contributed by atoms with Gasteiger partial charge in [0.2, 0.25) is 5.60 Å². The minimum absolute atomic E-state index is 0.0539. The van der Waals surface area contributed by atoms with E-state index < -0.39 is 51.9 Å². The molecule has 0 bridgehead atoms. The molecule has 0 spiro atoms. The van der Waals surface area contributed by atoms with Crippen molar-refractivity contribution in [2.24, 2.45) is 5.16 Å². The molecule has 6 aromatic rings. The summed E-state index contributed by atoms with van der Waals surface area (Å²) in [4.78, 5) is 77.2. The number of anilines is 1. The summed E-state index contributed by atoms with van der Waals surface area (Å²) in [5.74, 6) is -1.43. The highest BCUT2D eigenvalue weighted by molar-refractivity contribution is 8.01. The number of aromatic nitrogens is 3. The molecule has 4 heterocycles. The van der Waals surface area contributed by atoms with Crippen molar-refractivity contribution in [3.63, 3.8) is 0 Å². The van der Waals surface area contributed by atoms with E-state index in [2.05, 4.69) is 25.8 Å². The molecule has 2 amide bonds. The lowest BCUT2D eigenvalue weighted by Crippen LogP contribution is -2.71. The number of carbonyl (C=O) groups is 4. The number of esters is 2. The maximum Gasteiger partial charge on any atom is 0.355 e. The fourth-order valence-electron chi connectivity index (χ4n) is 7.63. The maximum absolute atomic E-state index is 14.7. The molecule has 2 atom stereocenters. The Morgan fingerprint density at radius 3 is 2.00 bits per heavy atom. The van der Waals surface area contributed by atoms with Crippen LogP contribution in [-0.2, 0) is 45.6 Å². The second-order valence-electron chi connectivity index (χ2n) is 17.6. The van der Waals surface area contributed by atoms with E-state index in [9.17, 15) is 19.2 Å². The molecule has 4 aromatic carbocycles. The number of methoxy groups -OCH3 is 1. The monoisotopic (exact) mass is 997 g/mol. The van der Waals surface area contributed by atoms with Crippen molar-refractivity contribution in [2.45, 2.75) is 74.5 Å². The number of fused-ring (bicyclic) bond motifs is 1. The van der Waals surface area contributed by atoms with Gasteiger partial charge in [0.25, 0.3) is 11.8 Å².